The first-order valence-corrected chi connectivity index (χ1v) is 7.30. The van der Waals surface area contributed by atoms with Crippen molar-refractivity contribution in [3.63, 3.8) is 0 Å². The molecule has 0 radical (unpaired) electrons. The first-order chi connectivity index (χ1) is 10.1. The fraction of sp³-hybridized carbons (Fsp3) is 0.429. The van der Waals surface area contributed by atoms with E-state index in [9.17, 15) is 9.59 Å². The summed E-state index contributed by atoms with van der Waals surface area (Å²) in [5.41, 5.74) is 0.568. The van der Waals surface area contributed by atoms with E-state index in [-0.39, 0.29) is 18.4 Å². The van der Waals surface area contributed by atoms with Crippen molar-refractivity contribution < 1.29 is 19.1 Å². The number of rotatable bonds is 9. The first kappa shape index (κ1) is 17.6. The fourth-order valence-electron chi connectivity index (χ4n) is 1.47. The minimum absolute atomic E-state index is 0.0110. The van der Waals surface area contributed by atoms with E-state index in [1.54, 1.807) is 25.3 Å². The van der Waals surface area contributed by atoms with Gasteiger partial charge in [-0.2, -0.15) is 0 Å². The van der Waals surface area contributed by atoms with Crippen LogP contribution in [-0.4, -0.2) is 51.8 Å². The van der Waals surface area contributed by atoms with Crippen molar-refractivity contribution in [3.8, 4) is 0 Å². The quantitative estimate of drug-likeness (QED) is 0.644. The highest BCUT2D eigenvalue weighted by atomic mass is 79.9. The predicted octanol–water partition coefficient (Wildman–Crippen LogP) is 0.958. The van der Waals surface area contributed by atoms with Crippen LogP contribution in [0.15, 0.2) is 28.7 Å². The molecule has 116 valence electrons. The lowest BCUT2D eigenvalue weighted by Crippen LogP contribution is -2.36. The number of carbonyl (C=O) groups excluding carboxylic acids is 2. The molecule has 0 atom stereocenters. The van der Waals surface area contributed by atoms with Crippen LogP contribution in [0.1, 0.15) is 10.4 Å². The number of halogens is 1. The molecule has 0 aliphatic rings. The molecule has 0 saturated carbocycles. The lowest BCUT2D eigenvalue weighted by atomic mass is 10.2. The summed E-state index contributed by atoms with van der Waals surface area (Å²) < 4.78 is 10.7. The van der Waals surface area contributed by atoms with Crippen LogP contribution in [0.4, 0.5) is 0 Å². The Kier molecular flexibility index (Phi) is 8.65. The number of ether oxygens (including phenoxy) is 2. The van der Waals surface area contributed by atoms with Crippen molar-refractivity contribution in [1.82, 2.24) is 10.6 Å². The van der Waals surface area contributed by atoms with Crippen LogP contribution in [0, 0.1) is 0 Å². The Balaban J connectivity index is 2.13. The second-order valence-corrected chi connectivity index (χ2v) is 5.08. The maximum absolute atomic E-state index is 11.8. The zero-order valence-electron chi connectivity index (χ0n) is 11.9. The van der Waals surface area contributed by atoms with E-state index in [0.717, 1.165) is 4.47 Å². The number of hydrogen-bond donors (Lipinski definition) is 2. The second kappa shape index (κ2) is 10.3. The minimum Gasteiger partial charge on any atom is -0.382 e. The molecule has 0 heterocycles. The maximum atomic E-state index is 11.8. The van der Waals surface area contributed by atoms with Crippen molar-refractivity contribution >= 4 is 27.7 Å². The van der Waals surface area contributed by atoms with Gasteiger partial charge in [-0.15, -0.1) is 0 Å². The molecule has 1 rings (SSSR count). The van der Waals surface area contributed by atoms with Gasteiger partial charge >= 0.3 is 0 Å². The Bertz CT molecular complexity index is 468. The molecule has 7 heteroatoms. The van der Waals surface area contributed by atoms with Crippen LogP contribution in [-0.2, 0) is 14.3 Å². The van der Waals surface area contributed by atoms with E-state index < -0.39 is 0 Å². The molecule has 1 aromatic carbocycles. The molecule has 2 amide bonds. The van der Waals surface area contributed by atoms with Crippen LogP contribution < -0.4 is 10.6 Å². The van der Waals surface area contributed by atoms with Crippen molar-refractivity contribution in [2.24, 2.45) is 0 Å². The third-order valence-electron chi connectivity index (χ3n) is 2.48. The van der Waals surface area contributed by atoms with Crippen LogP contribution in [0.25, 0.3) is 0 Å². The molecule has 0 spiro atoms. The SMILES string of the molecule is COCCOCC(=O)NCCNC(=O)c1cccc(Br)c1. The number of carbonyl (C=O) groups is 2. The molecule has 0 unspecified atom stereocenters. The van der Waals surface area contributed by atoms with Crippen molar-refractivity contribution in [1.29, 1.82) is 0 Å². The smallest absolute Gasteiger partial charge is 0.251 e. The zero-order valence-corrected chi connectivity index (χ0v) is 13.4. The molecule has 0 aliphatic heterocycles. The largest absolute Gasteiger partial charge is 0.382 e. The topological polar surface area (TPSA) is 76.7 Å². The minimum atomic E-state index is -0.220. The Morgan fingerprint density at radius 3 is 2.67 bits per heavy atom. The maximum Gasteiger partial charge on any atom is 0.251 e. The lowest BCUT2D eigenvalue weighted by Gasteiger charge is -2.08. The highest BCUT2D eigenvalue weighted by molar-refractivity contribution is 9.10. The summed E-state index contributed by atoms with van der Waals surface area (Å²) in [5, 5.41) is 5.37. The second-order valence-electron chi connectivity index (χ2n) is 4.16. The van der Waals surface area contributed by atoms with Gasteiger partial charge in [-0.1, -0.05) is 22.0 Å². The van der Waals surface area contributed by atoms with E-state index >= 15 is 0 Å². The third kappa shape index (κ3) is 7.79. The van der Waals surface area contributed by atoms with Crippen LogP contribution in [0.3, 0.4) is 0 Å². The van der Waals surface area contributed by atoms with Gasteiger partial charge in [0, 0.05) is 30.2 Å². The number of hydrogen-bond acceptors (Lipinski definition) is 4. The summed E-state index contributed by atoms with van der Waals surface area (Å²) in [4.78, 5) is 23.2. The van der Waals surface area contributed by atoms with E-state index in [0.29, 0.717) is 31.9 Å². The summed E-state index contributed by atoms with van der Waals surface area (Å²) in [6, 6.07) is 7.10. The van der Waals surface area contributed by atoms with Gasteiger partial charge in [-0.3, -0.25) is 9.59 Å². The molecule has 6 nitrogen and oxygen atoms in total. The molecule has 2 N–H and O–H groups in total. The van der Waals surface area contributed by atoms with E-state index in [1.165, 1.54) is 0 Å². The molecule has 21 heavy (non-hydrogen) atoms. The molecule has 0 saturated heterocycles. The van der Waals surface area contributed by atoms with Gasteiger partial charge in [0.1, 0.15) is 6.61 Å². The number of amides is 2. The van der Waals surface area contributed by atoms with Gasteiger partial charge < -0.3 is 20.1 Å². The zero-order chi connectivity index (χ0) is 15.5. The Morgan fingerprint density at radius 1 is 1.19 bits per heavy atom. The highest BCUT2D eigenvalue weighted by Gasteiger charge is 2.05. The van der Waals surface area contributed by atoms with Gasteiger partial charge in [0.05, 0.1) is 13.2 Å². The van der Waals surface area contributed by atoms with Gasteiger partial charge in [0.2, 0.25) is 5.91 Å². The standard InChI is InChI=1S/C14H19BrN2O4/c1-20-7-8-21-10-13(18)16-5-6-17-14(19)11-3-2-4-12(15)9-11/h2-4,9H,5-8,10H2,1H3,(H,16,18)(H,17,19). The summed E-state index contributed by atoms with van der Waals surface area (Å²) in [7, 11) is 1.57. The molecule has 0 bridgehead atoms. The Morgan fingerprint density at radius 2 is 1.95 bits per heavy atom. The van der Waals surface area contributed by atoms with E-state index in [1.807, 2.05) is 6.07 Å². The summed E-state index contributed by atoms with van der Waals surface area (Å²) in [6.07, 6.45) is 0. The van der Waals surface area contributed by atoms with E-state index in [2.05, 4.69) is 26.6 Å². The molecule has 0 aromatic heterocycles. The average molecular weight is 359 g/mol. The number of benzene rings is 1. The molecular weight excluding hydrogens is 340 g/mol. The van der Waals surface area contributed by atoms with Crippen LogP contribution in [0.5, 0.6) is 0 Å². The van der Waals surface area contributed by atoms with Crippen molar-refractivity contribution in [2.75, 3.05) is 40.0 Å². The third-order valence-corrected chi connectivity index (χ3v) is 2.98. The molecule has 1 aromatic rings. The van der Waals surface area contributed by atoms with Gasteiger partial charge in [-0.25, -0.2) is 0 Å². The Hall–Kier alpha value is -1.44. The number of methoxy groups -OCH3 is 1. The van der Waals surface area contributed by atoms with Crippen molar-refractivity contribution in [2.45, 2.75) is 0 Å². The van der Waals surface area contributed by atoms with Crippen LogP contribution >= 0.6 is 15.9 Å². The predicted molar refractivity (Wildman–Crippen MR) is 82.2 cm³/mol. The highest BCUT2D eigenvalue weighted by Crippen LogP contribution is 2.11. The van der Waals surface area contributed by atoms with Gasteiger partial charge in [0.25, 0.3) is 5.91 Å². The van der Waals surface area contributed by atoms with Crippen molar-refractivity contribution in [3.05, 3.63) is 34.3 Å². The Labute approximate surface area is 132 Å². The first-order valence-electron chi connectivity index (χ1n) is 6.50. The molecule has 0 fully saturated rings. The normalized spacial score (nSPS) is 10.2. The molecule has 0 aliphatic carbocycles. The monoisotopic (exact) mass is 358 g/mol. The van der Waals surface area contributed by atoms with Gasteiger partial charge in [-0.05, 0) is 18.2 Å². The molecular formula is C14H19BrN2O4. The average Bonchev–Trinajstić information content (AvgIpc) is 2.48. The fourth-order valence-corrected chi connectivity index (χ4v) is 1.87. The summed E-state index contributed by atoms with van der Waals surface area (Å²) in [5.74, 6) is -0.398. The van der Waals surface area contributed by atoms with E-state index in [4.69, 9.17) is 9.47 Å². The number of nitrogens with one attached hydrogen (secondary N) is 2. The summed E-state index contributed by atoms with van der Waals surface area (Å²) in [6.45, 7) is 1.53. The van der Waals surface area contributed by atoms with Gasteiger partial charge in [0.15, 0.2) is 0 Å². The van der Waals surface area contributed by atoms with Crippen LogP contribution in [0.2, 0.25) is 0 Å². The summed E-state index contributed by atoms with van der Waals surface area (Å²) >= 11 is 3.31. The lowest BCUT2D eigenvalue weighted by molar-refractivity contribution is -0.126.